The number of sulfonamides is 1. The number of carbonyl (C=O) groups excluding carboxylic acids is 2. The number of rotatable bonds is 4. The Morgan fingerprint density at radius 1 is 1.09 bits per heavy atom. The molecule has 33 heavy (non-hydrogen) atoms. The van der Waals surface area contributed by atoms with Crippen LogP contribution in [0, 0.1) is 6.92 Å². The van der Waals surface area contributed by atoms with Crippen LogP contribution in [0.25, 0.3) is 11.8 Å². The normalized spacial score (nSPS) is 15.2. The van der Waals surface area contributed by atoms with Crippen molar-refractivity contribution < 1.29 is 22.4 Å². The van der Waals surface area contributed by atoms with Crippen LogP contribution >= 0.6 is 11.6 Å². The Kier molecular flexibility index (Phi) is 6.08. The maximum absolute atomic E-state index is 13.0. The van der Waals surface area contributed by atoms with E-state index in [1.165, 1.54) is 30.5 Å². The lowest BCUT2D eigenvalue weighted by Crippen LogP contribution is -2.52. The maximum atomic E-state index is 13.0. The molecule has 0 spiro atoms. The van der Waals surface area contributed by atoms with E-state index in [1.807, 2.05) is 11.6 Å². The van der Waals surface area contributed by atoms with Gasteiger partial charge in [-0.15, -0.1) is 0 Å². The number of hydrogen-bond donors (Lipinski definition) is 2. The molecule has 0 bridgehead atoms. The highest BCUT2D eigenvalue weighted by Gasteiger charge is 2.31. The number of urea groups is 1. The van der Waals surface area contributed by atoms with Gasteiger partial charge in [-0.1, -0.05) is 41.4 Å². The first-order chi connectivity index (χ1) is 15.7. The second-order valence-electron chi connectivity index (χ2n) is 7.15. The summed E-state index contributed by atoms with van der Waals surface area (Å²) in [5, 5.41) is 1.32. The van der Waals surface area contributed by atoms with Crippen LogP contribution in [0.2, 0.25) is 5.02 Å². The summed E-state index contributed by atoms with van der Waals surface area (Å²) >= 11 is 5.98. The fourth-order valence-electron chi connectivity index (χ4n) is 3.07. The Bertz CT molecular complexity index is 1360. The van der Waals surface area contributed by atoms with Gasteiger partial charge in [0.25, 0.3) is 15.9 Å². The fraction of sp³-hybridized carbons (Fsp3) is 0.0435. The van der Waals surface area contributed by atoms with Crippen molar-refractivity contribution in [2.75, 3.05) is 0 Å². The van der Waals surface area contributed by atoms with Gasteiger partial charge in [0, 0.05) is 16.2 Å². The number of furan rings is 1. The van der Waals surface area contributed by atoms with Gasteiger partial charge < -0.3 is 4.42 Å². The van der Waals surface area contributed by atoms with Gasteiger partial charge in [0.1, 0.15) is 5.76 Å². The zero-order valence-electron chi connectivity index (χ0n) is 17.3. The van der Waals surface area contributed by atoms with Crippen molar-refractivity contribution in [1.29, 1.82) is 0 Å². The minimum atomic E-state index is -4.18. The number of carbonyl (C=O) groups is 2. The molecular formula is C23H18ClN3O5S. The molecule has 0 radical (unpaired) electrons. The molecule has 168 valence electrons. The smallest absolute Gasteiger partial charge is 0.354 e. The molecule has 3 aromatic rings. The van der Waals surface area contributed by atoms with Crippen LogP contribution < -0.4 is 10.1 Å². The first-order valence-electron chi connectivity index (χ1n) is 9.70. The molecule has 0 unspecified atom stereocenters. The number of nitrogens with zero attached hydrogens (tertiary/aromatic N) is 1. The predicted molar refractivity (Wildman–Crippen MR) is 123 cm³/mol. The molecule has 0 saturated carbocycles. The van der Waals surface area contributed by atoms with Gasteiger partial charge in [0.05, 0.1) is 16.9 Å². The van der Waals surface area contributed by atoms with Gasteiger partial charge in [-0.25, -0.2) is 22.9 Å². The Morgan fingerprint density at radius 3 is 2.42 bits per heavy atom. The molecule has 1 aromatic heterocycles. The highest BCUT2D eigenvalue weighted by molar-refractivity contribution is 7.90. The Hall–Kier alpha value is -3.82. The number of benzene rings is 2. The molecule has 1 aliphatic rings. The molecule has 10 heteroatoms. The van der Waals surface area contributed by atoms with Crippen LogP contribution in [0.3, 0.4) is 0 Å². The summed E-state index contributed by atoms with van der Waals surface area (Å²) in [7, 11) is -4.18. The first kappa shape index (κ1) is 22.4. The van der Waals surface area contributed by atoms with Crippen molar-refractivity contribution in [2.24, 2.45) is 0 Å². The van der Waals surface area contributed by atoms with Gasteiger partial charge in [-0.3, -0.25) is 10.2 Å². The summed E-state index contributed by atoms with van der Waals surface area (Å²) in [6.45, 7) is 1.81. The van der Waals surface area contributed by atoms with Gasteiger partial charge >= 0.3 is 6.03 Å². The summed E-state index contributed by atoms with van der Waals surface area (Å²) in [6, 6.07) is 14.8. The summed E-state index contributed by atoms with van der Waals surface area (Å²) in [6.07, 6.45) is 4.43. The van der Waals surface area contributed by atoms with Crippen molar-refractivity contribution >= 4 is 45.3 Å². The van der Waals surface area contributed by atoms with E-state index in [0.717, 1.165) is 10.6 Å². The zero-order chi connectivity index (χ0) is 23.6. The van der Waals surface area contributed by atoms with Crippen LogP contribution in [0.5, 0.6) is 0 Å². The van der Waals surface area contributed by atoms with E-state index in [2.05, 4.69) is 5.43 Å². The third-order valence-corrected chi connectivity index (χ3v) is 6.33. The molecule has 8 nitrogen and oxygen atoms in total. The third kappa shape index (κ3) is 5.00. The number of halogens is 1. The van der Waals surface area contributed by atoms with E-state index in [1.54, 1.807) is 48.5 Å². The van der Waals surface area contributed by atoms with Crippen molar-refractivity contribution in [2.45, 2.75) is 11.8 Å². The minimum Gasteiger partial charge on any atom is -0.465 e. The summed E-state index contributed by atoms with van der Waals surface area (Å²) in [4.78, 5) is 25.6. The van der Waals surface area contributed by atoms with Gasteiger partial charge in [0.15, 0.2) is 0 Å². The molecule has 1 aliphatic heterocycles. The van der Waals surface area contributed by atoms with E-state index in [4.69, 9.17) is 16.0 Å². The Balaban J connectivity index is 1.71. The van der Waals surface area contributed by atoms with Crippen LogP contribution in [-0.2, 0) is 14.8 Å². The lowest BCUT2D eigenvalue weighted by atomic mass is 10.1. The third-order valence-electron chi connectivity index (χ3n) is 4.75. The Labute approximate surface area is 195 Å². The van der Waals surface area contributed by atoms with Crippen molar-refractivity contribution in [3.8, 4) is 0 Å². The first-order valence-corrected chi connectivity index (χ1v) is 11.6. The molecule has 2 aromatic carbocycles. The number of hydrogen-bond acceptors (Lipinski definition) is 5. The van der Waals surface area contributed by atoms with E-state index in [-0.39, 0.29) is 16.2 Å². The van der Waals surface area contributed by atoms with Crippen molar-refractivity contribution in [3.05, 3.63) is 100 Å². The topological polar surface area (TPSA) is 109 Å². The van der Waals surface area contributed by atoms with Gasteiger partial charge in [-0.05, 0) is 55.5 Å². The molecule has 0 aliphatic carbocycles. The van der Waals surface area contributed by atoms with Crippen LogP contribution in [0.4, 0.5) is 4.79 Å². The van der Waals surface area contributed by atoms with Crippen molar-refractivity contribution in [1.82, 2.24) is 15.2 Å². The summed E-state index contributed by atoms with van der Waals surface area (Å²) in [5.41, 5.74) is 4.27. The molecule has 0 atom stereocenters. The number of aryl methyl sites for hydroxylation is 1. The second-order valence-corrected chi connectivity index (χ2v) is 9.27. The molecule has 3 amide bonds. The van der Waals surface area contributed by atoms with E-state index in [0.29, 0.717) is 16.3 Å². The Morgan fingerprint density at radius 2 is 1.79 bits per heavy atom. The largest absolute Gasteiger partial charge is 0.465 e. The van der Waals surface area contributed by atoms with E-state index in [9.17, 15) is 18.0 Å². The highest BCUT2D eigenvalue weighted by Crippen LogP contribution is 2.26. The summed E-state index contributed by atoms with van der Waals surface area (Å²) < 4.78 is 32.7. The predicted octanol–water partition coefficient (Wildman–Crippen LogP) is 4.11. The van der Waals surface area contributed by atoms with Crippen molar-refractivity contribution in [3.63, 3.8) is 0 Å². The molecular weight excluding hydrogens is 466 g/mol. The van der Waals surface area contributed by atoms with Crippen LogP contribution in [0.15, 0.2) is 87.9 Å². The van der Waals surface area contributed by atoms with Crippen LogP contribution in [-0.4, -0.2) is 25.4 Å². The quantitative estimate of drug-likeness (QED) is 0.543. The molecule has 0 fully saturated rings. The molecule has 4 rings (SSSR count). The number of hydrazine groups is 1. The molecule has 0 saturated heterocycles. The average Bonchev–Trinajstić information content (AvgIpc) is 3.29. The summed E-state index contributed by atoms with van der Waals surface area (Å²) in [5.74, 6) is -0.182. The van der Waals surface area contributed by atoms with Gasteiger partial charge in [0.2, 0.25) is 0 Å². The van der Waals surface area contributed by atoms with Crippen LogP contribution in [0.1, 0.15) is 16.9 Å². The number of nitrogens with one attached hydrogen (secondary N) is 2. The zero-order valence-corrected chi connectivity index (χ0v) is 18.9. The number of amides is 3. The second kappa shape index (κ2) is 8.97. The SMILES string of the molecule is Cc1ccc(S(=O)(=O)NC(=O)N2NC(=O)/C(=C/c3ccco3)C=C2c2ccc(Cl)cc2)cc1. The minimum absolute atomic E-state index is 0.0831. The van der Waals surface area contributed by atoms with E-state index >= 15 is 0 Å². The monoisotopic (exact) mass is 483 g/mol. The standard InChI is InChI=1S/C23H18ClN3O5S/c1-15-4-10-20(11-5-15)33(30,31)26-23(29)27-21(16-6-8-18(24)9-7-16)14-17(22(28)25-27)13-19-3-2-12-32-19/h2-14H,1H3,(H,25,28)(H,26,29)/b17-13+. The van der Waals surface area contributed by atoms with E-state index < -0.39 is 22.0 Å². The van der Waals surface area contributed by atoms with Gasteiger partial charge in [-0.2, -0.15) is 0 Å². The maximum Gasteiger partial charge on any atom is 0.354 e. The lowest BCUT2D eigenvalue weighted by Gasteiger charge is -2.30. The molecule has 2 N–H and O–H groups in total. The lowest BCUT2D eigenvalue weighted by molar-refractivity contribution is -0.120. The average molecular weight is 484 g/mol. The fourth-order valence-corrected chi connectivity index (χ4v) is 4.13. The highest BCUT2D eigenvalue weighted by atomic mass is 35.5. The molecule has 2 heterocycles.